The van der Waals surface area contributed by atoms with Crippen molar-refractivity contribution in [2.75, 3.05) is 13.7 Å². The molecule has 0 spiro atoms. The molecule has 0 aliphatic heterocycles. The second kappa shape index (κ2) is 7.69. The van der Waals surface area contributed by atoms with Gasteiger partial charge in [-0.15, -0.1) is 11.6 Å². The molecule has 5 heteroatoms. The van der Waals surface area contributed by atoms with Crippen LogP contribution in [-0.4, -0.2) is 37.0 Å². The summed E-state index contributed by atoms with van der Waals surface area (Å²) in [6.07, 6.45) is 2.06. The Balaban J connectivity index is 2.59. The first-order chi connectivity index (χ1) is 9.02. The van der Waals surface area contributed by atoms with Crippen molar-refractivity contribution in [3.63, 3.8) is 0 Å². The number of alkyl halides is 1. The maximum absolute atomic E-state index is 11.2. The highest BCUT2D eigenvalue weighted by atomic mass is 35.5. The SMILES string of the molecule is COC(=O)C(Cl)Cc1ccc(C=NCC(C)=O)cc1. The van der Waals surface area contributed by atoms with E-state index in [2.05, 4.69) is 9.73 Å². The van der Waals surface area contributed by atoms with E-state index < -0.39 is 11.3 Å². The van der Waals surface area contributed by atoms with E-state index in [9.17, 15) is 9.59 Å². The summed E-state index contributed by atoms with van der Waals surface area (Å²) < 4.78 is 4.56. The van der Waals surface area contributed by atoms with Crippen LogP contribution in [0.4, 0.5) is 0 Å². The van der Waals surface area contributed by atoms with Crippen LogP contribution in [0, 0.1) is 0 Å². The van der Waals surface area contributed by atoms with Gasteiger partial charge in [-0.3, -0.25) is 14.6 Å². The summed E-state index contributed by atoms with van der Waals surface area (Å²) in [7, 11) is 1.31. The highest BCUT2D eigenvalue weighted by Crippen LogP contribution is 2.10. The topological polar surface area (TPSA) is 55.7 Å². The minimum Gasteiger partial charge on any atom is -0.468 e. The molecule has 0 N–H and O–H groups in total. The van der Waals surface area contributed by atoms with Crippen molar-refractivity contribution in [1.29, 1.82) is 0 Å². The number of methoxy groups -OCH3 is 1. The fourth-order valence-corrected chi connectivity index (χ4v) is 1.70. The Hall–Kier alpha value is -1.68. The van der Waals surface area contributed by atoms with Crippen molar-refractivity contribution in [3.05, 3.63) is 35.4 Å². The fourth-order valence-electron chi connectivity index (χ4n) is 1.44. The number of benzene rings is 1. The number of ketones is 1. The molecular weight excluding hydrogens is 266 g/mol. The number of halogens is 1. The minimum absolute atomic E-state index is 0.0240. The molecule has 0 radical (unpaired) electrons. The van der Waals surface area contributed by atoms with Crippen molar-refractivity contribution >= 4 is 29.6 Å². The molecule has 1 aromatic carbocycles. The van der Waals surface area contributed by atoms with E-state index in [1.807, 2.05) is 24.3 Å². The molecule has 1 unspecified atom stereocenters. The smallest absolute Gasteiger partial charge is 0.324 e. The standard InChI is InChI=1S/C14H16ClNO3/c1-10(17)8-16-9-12-5-3-11(4-6-12)7-13(15)14(18)19-2/h3-6,9,13H,7-8H2,1-2H3. The molecule has 4 nitrogen and oxygen atoms in total. The molecule has 0 saturated heterocycles. The minimum atomic E-state index is -0.678. The first-order valence-corrected chi connectivity index (χ1v) is 6.26. The zero-order valence-electron chi connectivity index (χ0n) is 10.9. The van der Waals surface area contributed by atoms with Gasteiger partial charge in [-0.1, -0.05) is 24.3 Å². The zero-order chi connectivity index (χ0) is 14.3. The van der Waals surface area contributed by atoms with Gasteiger partial charge in [0.15, 0.2) is 5.78 Å². The van der Waals surface area contributed by atoms with Crippen LogP contribution < -0.4 is 0 Å². The Morgan fingerprint density at radius 1 is 1.37 bits per heavy atom. The number of Topliss-reactive ketones (excluding diaryl/α,β-unsaturated/α-hetero) is 1. The molecule has 0 aliphatic rings. The summed E-state index contributed by atoms with van der Waals surface area (Å²) in [4.78, 5) is 25.9. The molecule has 0 aliphatic carbocycles. The number of esters is 1. The number of hydrogen-bond donors (Lipinski definition) is 0. The number of nitrogens with zero attached hydrogens (tertiary/aromatic N) is 1. The number of aliphatic imine (C=N–C) groups is 1. The molecule has 19 heavy (non-hydrogen) atoms. The first kappa shape index (κ1) is 15.4. The molecule has 1 atom stereocenters. The lowest BCUT2D eigenvalue weighted by Gasteiger charge is -2.07. The van der Waals surface area contributed by atoms with Gasteiger partial charge in [-0.05, 0) is 24.5 Å². The fraction of sp³-hybridized carbons (Fsp3) is 0.357. The van der Waals surface area contributed by atoms with Crippen LogP contribution in [0.15, 0.2) is 29.3 Å². The molecule has 0 fully saturated rings. The molecule has 0 amide bonds. The molecule has 0 aromatic heterocycles. The lowest BCUT2D eigenvalue weighted by molar-refractivity contribution is -0.140. The van der Waals surface area contributed by atoms with Gasteiger partial charge in [0.2, 0.25) is 0 Å². The highest BCUT2D eigenvalue weighted by molar-refractivity contribution is 6.30. The van der Waals surface area contributed by atoms with Crippen LogP contribution in [0.5, 0.6) is 0 Å². The van der Waals surface area contributed by atoms with Crippen LogP contribution >= 0.6 is 11.6 Å². The van der Waals surface area contributed by atoms with Crippen molar-refractivity contribution in [2.45, 2.75) is 18.7 Å². The van der Waals surface area contributed by atoms with E-state index in [0.717, 1.165) is 11.1 Å². The number of rotatable bonds is 6. The van der Waals surface area contributed by atoms with Gasteiger partial charge >= 0.3 is 5.97 Å². The maximum atomic E-state index is 11.2. The normalized spacial score (nSPS) is 12.4. The second-order valence-corrected chi connectivity index (χ2v) is 4.64. The van der Waals surface area contributed by atoms with E-state index in [4.69, 9.17) is 11.6 Å². The average Bonchev–Trinajstić information content (AvgIpc) is 2.39. The monoisotopic (exact) mass is 281 g/mol. The van der Waals surface area contributed by atoms with Crippen LogP contribution in [0.3, 0.4) is 0 Å². The van der Waals surface area contributed by atoms with E-state index in [-0.39, 0.29) is 12.3 Å². The Kier molecular flexibility index (Phi) is 6.22. The summed E-state index contributed by atoms with van der Waals surface area (Å²) in [5, 5.41) is -0.678. The number of carbonyl (C=O) groups excluding carboxylic acids is 2. The van der Waals surface area contributed by atoms with Crippen LogP contribution in [0.25, 0.3) is 0 Å². The number of hydrogen-bond acceptors (Lipinski definition) is 4. The van der Waals surface area contributed by atoms with Crippen LogP contribution in [0.1, 0.15) is 18.1 Å². The zero-order valence-corrected chi connectivity index (χ0v) is 11.7. The number of ether oxygens (including phenoxy) is 1. The van der Waals surface area contributed by atoms with Gasteiger partial charge in [0.05, 0.1) is 13.7 Å². The summed E-state index contributed by atoms with van der Waals surface area (Å²) in [6.45, 7) is 1.68. The van der Waals surface area contributed by atoms with Crippen LogP contribution in [0.2, 0.25) is 0 Å². The number of carbonyl (C=O) groups is 2. The van der Waals surface area contributed by atoms with Gasteiger partial charge in [-0.2, -0.15) is 0 Å². The lowest BCUT2D eigenvalue weighted by Crippen LogP contribution is -2.18. The van der Waals surface area contributed by atoms with Gasteiger partial charge in [0.25, 0.3) is 0 Å². The molecule has 102 valence electrons. The average molecular weight is 282 g/mol. The van der Waals surface area contributed by atoms with E-state index in [1.165, 1.54) is 14.0 Å². The Bertz CT molecular complexity index is 468. The molecule has 0 bridgehead atoms. The largest absolute Gasteiger partial charge is 0.468 e. The first-order valence-electron chi connectivity index (χ1n) is 5.83. The molecule has 0 saturated carbocycles. The molecule has 1 rings (SSSR count). The van der Waals surface area contributed by atoms with Gasteiger partial charge in [0.1, 0.15) is 5.38 Å². The quantitative estimate of drug-likeness (QED) is 0.455. The van der Waals surface area contributed by atoms with Gasteiger partial charge < -0.3 is 4.74 Å². The third-order valence-electron chi connectivity index (χ3n) is 2.41. The summed E-state index contributed by atoms with van der Waals surface area (Å²) in [5.74, 6) is -0.412. The summed E-state index contributed by atoms with van der Waals surface area (Å²) in [6, 6.07) is 7.46. The van der Waals surface area contributed by atoms with E-state index >= 15 is 0 Å². The highest BCUT2D eigenvalue weighted by Gasteiger charge is 2.15. The van der Waals surface area contributed by atoms with E-state index in [0.29, 0.717) is 6.42 Å². The Morgan fingerprint density at radius 2 is 2.00 bits per heavy atom. The lowest BCUT2D eigenvalue weighted by atomic mass is 10.1. The van der Waals surface area contributed by atoms with Gasteiger partial charge in [-0.25, -0.2) is 0 Å². The summed E-state index contributed by atoms with van der Waals surface area (Å²) >= 11 is 5.89. The Labute approximate surface area is 117 Å². The third-order valence-corrected chi connectivity index (χ3v) is 2.74. The van der Waals surface area contributed by atoms with E-state index in [1.54, 1.807) is 6.21 Å². The van der Waals surface area contributed by atoms with Crippen molar-refractivity contribution in [2.24, 2.45) is 4.99 Å². The van der Waals surface area contributed by atoms with Crippen molar-refractivity contribution < 1.29 is 14.3 Å². The molecule has 1 aromatic rings. The molecule has 0 heterocycles. The van der Waals surface area contributed by atoms with Gasteiger partial charge in [0, 0.05) is 6.21 Å². The predicted molar refractivity (Wildman–Crippen MR) is 74.9 cm³/mol. The molecular formula is C14H16ClNO3. The van der Waals surface area contributed by atoms with Crippen molar-refractivity contribution in [3.8, 4) is 0 Å². The summed E-state index contributed by atoms with van der Waals surface area (Å²) in [5.41, 5.74) is 1.84. The predicted octanol–water partition coefficient (Wildman–Crippen LogP) is 2.02. The third kappa shape index (κ3) is 5.66. The van der Waals surface area contributed by atoms with Crippen molar-refractivity contribution in [1.82, 2.24) is 0 Å². The maximum Gasteiger partial charge on any atom is 0.324 e. The Morgan fingerprint density at radius 3 is 2.53 bits per heavy atom. The van der Waals surface area contributed by atoms with Crippen LogP contribution in [-0.2, 0) is 20.7 Å². The second-order valence-electron chi connectivity index (χ2n) is 4.11.